The van der Waals surface area contributed by atoms with E-state index in [-0.39, 0.29) is 24.5 Å². The lowest BCUT2D eigenvalue weighted by molar-refractivity contribution is -0.137. The molecule has 0 bridgehead atoms. The summed E-state index contributed by atoms with van der Waals surface area (Å²) in [6.45, 7) is -0.767. The quantitative estimate of drug-likeness (QED) is 0.346. The Morgan fingerprint density at radius 1 is 1.15 bits per heavy atom. The summed E-state index contributed by atoms with van der Waals surface area (Å²) in [5, 5.41) is 11.9. The molecule has 0 fully saturated rings. The number of nitrogens with one attached hydrogen (secondary N) is 1. The minimum Gasteiger partial charge on any atom is -0.481 e. The van der Waals surface area contributed by atoms with Crippen molar-refractivity contribution < 1.29 is 24.3 Å². The second-order valence-electron chi connectivity index (χ2n) is 7.48. The summed E-state index contributed by atoms with van der Waals surface area (Å²) in [4.78, 5) is 56.2. The Morgan fingerprint density at radius 2 is 1.85 bits per heavy atom. The summed E-state index contributed by atoms with van der Waals surface area (Å²) in [7, 11) is 1.52. The van der Waals surface area contributed by atoms with Crippen LogP contribution in [0.2, 0.25) is 0 Å². The first-order valence-electron chi connectivity index (χ1n) is 10.0. The Balaban J connectivity index is 1.84. The molecule has 33 heavy (non-hydrogen) atoms. The molecule has 6 N–H and O–H groups in total. The van der Waals surface area contributed by atoms with Gasteiger partial charge in [-0.3, -0.25) is 19.2 Å². The average Bonchev–Trinajstić information content (AvgIpc) is 2.84. The van der Waals surface area contributed by atoms with Crippen LogP contribution in [-0.2, 0) is 14.4 Å². The molecule has 172 valence electrons. The van der Waals surface area contributed by atoms with Crippen molar-refractivity contribution in [3.05, 3.63) is 59.7 Å². The highest BCUT2D eigenvalue weighted by atomic mass is 16.4. The number of likely N-dealkylation sites (N-methyl/N-ethyl adjacent to an activating group) is 1. The molecular weight excluding hydrogens is 428 g/mol. The van der Waals surface area contributed by atoms with Crippen LogP contribution in [-0.4, -0.2) is 59.8 Å². The van der Waals surface area contributed by atoms with Crippen LogP contribution >= 0.6 is 0 Å². The van der Waals surface area contributed by atoms with Gasteiger partial charge in [0.25, 0.3) is 5.91 Å². The molecule has 2 aromatic carbocycles. The molecule has 0 radical (unpaired) electrons. The fraction of sp³-hybridized carbons (Fsp3) is 0.227. The number of rotatable bonds is 7. The largest absolute Gasteiger partial charge is 0.481 e. The van der Waals surface area contributed by atoms with Gasteiger partial charge in [-0.05, 0) is 23.8 Å². The summed E-state index contributed by atoms with van der Waals surface area (Å²) in [6.07, 6.45) is -0.337. The molecule has 1 atom stereocenters. The van der Waals surface area contributed by atoms with Crippen molar-refractivity contribution in [2.24, 2.45) is 16.5 Å². The molecule has 11 nitrogen and oxygen atoms in total. The van der Waals surface area contributed by atoms with Gasteiger partial charge in [-0.1, -0.05) is 30.3 Å². The molecule has 0 saturated carbocycles. The highest BCUT2D eigenvalue weighted by molar-refractivity contribution is 6.10. The number of fused-ring (bicyclic) bond motifs is 1. The van der Waals surface area contributed by atoms with Crippen molar-refractivity contribution in [1.29, 1.82) is 0 Å². The van der Waals surface area contributed by atoms with E-state index in [1.807, 2.05) is 0 Å². The van der Waals surface area contributed by atoms with Crippen LogP contribution in [0.3, 0.4) is 0 Å². The number of carboxylic acids is 1. The number of carboxylic acid groups (broad SMARTS) is 1. The van der Waals surface area contributed by atoms with Crippen LogP contribution in [0, 0.1) is 0 Å². The third-order valence-corrected chi connectivity index (χ3v) is 5.07. The van der Waals surface area contributed by atoms with E-state index < -0.39 is 36.3 Å². The second kappa shape index (κ2) is 9.81. The van der Waals surface area contributed by atoms with Gasteiger partial charge in [0.05, 0.1) is 29.4 Å². The molecule has 1 aliphatic heterocycles. The lowest BCUT2D eigenvalue weighted by Gasteiger charge is -2.22. The van der Waals surface area contributed by atoms with Crippen LogP contribution in [0.1, 0.15) is 28.4 Å². The maximum Gasteiger partial charge on any atom is 0.305 e. The van der Waals surface area contributed by atoms with Crippen LogP contribution in [0.4, 0.5) is 11.4 Å². The molecule has 11 heteroatoms. The molecule has 1 aliphatic rings. The van der Waals surface area contributed by atoms with E-state index in [0.29, 0.717) is 16.9 Å². The standard InChI is InChI=1S/C22H24N6O5/c1-27-17-8-7-14(25-22(23)24)9-15(17)21(33)28(12-19(27)30)11-18(29)26-16(10-20(31)32)13-5-3-2-4-6-13/h2-9,16H,10-12H2,1H3,(H,26,29)(H,31,32)(H4,23,24,25)/t16-/m1/s1. The number of amides is 3. The van der Waals surface area contributed by atoms with Gasteiger partial charge in [0, 0.05) is 7.05 Å². The van der Waals surface area contributed by atoms with E-state index in [2.05, 4.69) is 10.3 Å². The number of aliphatic carboxylic acids is 1. The lowest BCUT2D eigenvalue weighted by Crippen LogP contribution is -2.44. The zero-order valence-corrected chi connectivity index (χ0v) is 17.9. The summed E-state index contributed by atoms with van der Waals surface area (Å²) in [5.74, 6) is -2.83. The van der Waals surface area contributed by atoms with Crippen LogP contribution in [0.25, 0.3) is 0 Å². The van der Waals surface area contributed by atoms with Crippen LogP contribution in [0.5, 0.6) is 0 Å². The van der Waals surface area contributed by atoms with Gasteiger partial charge in [0.2, 0.25) is 11.8 Å². The van der Waals surface area contributed by atoms with Gasteiger partial charge in [-0.15, -0.1) is 0 Å². The Hall–Kier alpha value is -4.41. The fourth-order valence-electron chi connectivity index (χ4n) is 3.51. The van der Waals surface area contributed by atoms with E-state index in [0.717, 1.165) is 4.90 Å². The van der Waals surface area contributed by atoms with E-state index in [9.17, 15) is 24.3 Å². The van der Waals surface area contributed by atoms with E-state index in [1.54, 1.807) is 42.5 Å². The van der Waals surface area contributed by atoms with Crippen molar-refractivity contribution in [3.8, 4) is 0 Å². The van der Waals surface area contributed by atoms with E-state index in [4.69, 9.17) is 11.5 Å². The first kappa shape index (κ1) is 23.3. The molecule has 0 aliphatic carbocycles. The minimum absolute atomic E-state index is 0.156. The third kappa shape index (κ3) is 5.64. The highest BCUT2D eigenvalue weighted by Gasteiger charge is 2.31. The lowest BCUT2D eigenvalue weighted by atomic mass is 10.0. The van der Waals surface area contributed by atoms with Crippen LogP contribution in [0.15, 0.2) is 53.5 Å². The van der Waals surface area contributed by atoms with Crippen LogP contribution < -0.4 is 21.7 Å². The number of carbonyl (C=O) groups excluding carboxylic acids is 3. The van der Waals surface area contributed by atoms with E-state index in [1.165, 1.54) is 18.0 Å². The Labute approximate surface area is 189 Å². The smallest absolute Gasteiger partial charge is 0.305 e. The maximum absolute atomic E-state index is 13.2. The number of anilines is 1. The molecule has 2 aromatic rings. The van der Waals surface area contributed by atoms with Crippen molar-refractivity contribution in [3.63, 3.8) is 0 Å². The zero-order valence-electron chi connectivity index (χ0n) is 17.9. The summed E-state index contributed by atoms with van der Waals surface area (Å²) in [6, 6.07) is 12.4. The zero-order chi connectivity index (χ0) is 24.1. The Bertz CT molecular complexity index is 1110. The highest BCUT2D eigenvalue weighted by Crippen LogP contribution is 2.29. The SMILES string of the molecule is CN1C(=O)CN(CC(=O)N[C@H](CC(=O)O)c2ccccc2)C(=O)c2cc(N=C(N)N)ccc21. The molecule has 0 unspecified atom stereocenters. The monoisotopic (exact) mass is 452 g/mol. The van der Waals surface area contributed by atoms with Crippen molar-refractivity contribution >= 4 is 41.0 Å². The van der Waals surface area contributed by atoms with Gasteiger partial charge in [-0.2, -0.15) is 0 Å². The molecule has 0 saturated heterocycles. The number of guanidine groups is 1. The fourth-order valence-corrected chi connectivity index (χ4v) is 3.51. The van der Waals surface area contributed by atoms with Gasteiger partial charge < -0.3 is 31.7 Å². The molecule has 0 spiro atoms. The Kier molecular flexibility index (Phi) is 6.91. The maximum atomic E-state index is 13.2. The molecule has 1 heterocycles. The van der Waals surface area contributed by atoms with Gasteiger partial charge in [-0.25, -0.2) is 4.99 Å². The topological polar surface area (TPSA) is 171 Å². The summed E-state index contributed by atoms with van der Waals surface area (Å²) < 4.78 is 0. The first-order valence-corrected chi connectivity index (χ1v) is 10.0. The number of nitrogens with two attached hydrogens (primary N) is 2. The third-order valence-electron chi connectivity index (χ3n) is 5.07. The predicted molar refractivity (Wildman–Crippen MR) is 121 cm³/mol. The number of hydrogen-bond acceptors (Lipinski definition) is 5. The number of hydrogen-bond donors (Lipinski definition) is 4. The van der Waals surface area contributed by atoms with Crippen molar-refractivity contribution in [2.75, 3.05) is 25.0 Å². The summed E-state index contributed by atoms with van der Waals surface area (Å²) in [5.41, 5.74) is 12.3. The number of nitrogens with zero attached hydrogens (tertiary/aromatic N) is 3. The Morgan fingerprint density at radius 3 is 2.48 bits per heavy atom. The normalized spacial score (nSPS) is 14.2. The first-order chi connectivity index (χ1) is 15.7. The van der Waals surface area contributed by atoms with Crippen molar-refractivity contribution in [1.82, 2.24) is 10.2 Å². The molecular formula is C22H24N6O5. The minimum atomic E-state index is -1.09. The average molecular weight is 452 g/mol. The van der Waals surface area contributed by atoms with Gasteiger partial charge in [0.15, 0.2) is 5.96 Å². The van der Waals surface area contributed by atoms with Gasteiger partial charge in [0.1, 0.15) is 13.1 Å². The summed E-state index contributed by atoms with van der Waals surface area (Å²) >= 11 is 0. The molecule has 3 amide bonds. The molecule has 3 rings (SSSR count). The molecule has 0 aromatic heterocycles. The number of aliphatic imine (C=N–C) groups is 1. The van der Waals surface area contributed by atoms with E-state index >= 15 is 0 Å². The van der Waals surface area contributed by atoms with Gasteiger partial charge >= 0.3 is 5.97 Å². The predicted octanol–water partition coefficient (Wildman–Crippen LogP) is 0.342. The second-order valence-corrected chi connectivity index (χ2v) is 7.48. The number of carbonyl (C=O) groups is 4. The number of benzene rings is 2. The van der Waals surface area contributed by atoms with Crippen molar-refractivity contribution in [2.45, 2.75) is 12.5 Å².